The number of halogens is 1. The van der Waals surface area contributed by atoms with Crippen LogP contribution in [-0.4, -0.2) is 40.8 Å². The number of amides is 1. The Labute approximate surface area is 178 Å². The van der Waals surface area contributed by atoms with Gasteiger partial charge in [-0.1, -0.05) is 12.5 Å². The van der Waals surface area contributed by atoms with E-state index in [9.17, 15) is 14.0 Å². The van der Waals surface area contributed by atoms with E-state index in [0.717, 1.165) is 44.1 Å². The summed E-state index contributed by atoms with van der Waals surface area (Å²) in [7, 11) is 0. The topological polar surface area (TPSA) is 66.8 Å². The second-order valence-corrected chi connectivity index (χ2v) is 10.0. The number of nitrogens with zero attached hydrogens (tertiary/aromatic N) is 1. The minimum atomic E-state index is -0.768. The van der Waals surface area contributed by atoms with E-state index in [0.29, 0.717) is 19.5 Å². The maximum absolute atomic E-state index is 13.9. The first kappa shape index (κ1) is 22.6. The van der Waals surface area contributed by atoms with Gasteiger partial charge in [-0.05, 0) is 93.9 Å². The van der Waals surface area contributed by atoms with Crippen LogP contribution in [0, 0.1) is 11.2 Å². The highest BCUT2D eigenvalue weighted by molar-refractivity contribution is 5.68. The lowest BCUT2D eigenvalue weighted by molar-refractivity contribution is -0.137. The first-order valence-corrected chi connectivity index (χ1v) is 11.0. The van der Waals surface area contributed by atoms with Crippen molar-refractivity contribution in [3.8, 4) is 0 Å². The van der Waals surface area contributed by atoms with E-state index in [4.69, 9.17) is 9.84 Å². The summed E-state index contributed by atoms with van der Waals surface area (Å²) in [6.07, 6.45) is 5.99. The standard InChI is InChI=1S/C24H34FNO4/c1-23(2,3)30-22(29)26-12-10-24(11-13-26)15-17(6-4-5-7-21(27)28)20-14-19(25)9-8-18(20)16-24/h8-9,14,17H,4-7,10-13,15-16H2,1-3H3,(H,27,28). The Hall–Kier alpha value is -2.11. The van der Waals surface area contributed by atoms with Gasteiger partial charge in [0.05, 0.1) is 0 Å². The van der Waals surface area contributed by atoms with Gasteiger partial charge in [0, 0.05) is 19.5 Å². The van der Waals surface area contributed by atoms with Crippen LogP contribution in [0.4, 0.5) is 9.18 Å². The van der Waals surface area contributed by atoms with Crippen LogP contribution in [0.2, 0.25) is 0 Å². The van der Waals surface area contributed by atoms with Crippen LogP contribution in [0.25, 0.3) is 0 Å². The Balaban J connectivity index is 1.68. The quantitative estimate of drug-likeness (QED) is 0.638. The molecule has 1 saturated heterocycles. The van der Waals surface area contributed by atoms with Gasteiger partial charge in [-0.15, -0.1) is 0 Å². The average Bonchev–Trinajstić information content (AvgIpc) is 2.64. The number of carbonyl (C=O) groups is 2. The Bertz CT molecular complexity index is 778. The molecule has 1 unspecified atom stereocenters. The van der Waals surface area contributed by atoms with Crippen molar-refractivity contribution >= 4 is 12.1 Å². The highest BCUT2D eigenvalue weighted by atomic mass is 19.1. The van der Waals surface area contributed by atoms with Crippen LogP contribution in [-0.2, 0) is 16.0 Å². The smallest absolute Gasteiger partial charge is 0.410 e. The zero-order valence-electron chi connectivity index (χ0n) is 18.4. The SMILES string of the molecule is CC(C)(C)OC(=O)N1CCC2(CC1)Cc1ccc(F)cc1C(CCCCC(=O)O)C2. The van der Waals surface area contributed by atoms with Gasteiger partial charge in [-0.2, -0.15) is 0 Å². The van der Waals surface area contributed by atoms with Crippen molar-refractivity contribution in [3.05, 3.63) is 35.1 Å². The molecule has 1 aliphatic carbocycles. The monoisotopic (exact) mass is 419 g/mol. The fourth-order valence-electron chi connectivity index (χ4n) is 5.01. The van der Waals surface area contributed by atoms with E-state index in [-0.39, 0.29) is 29.7 Å². The maximum atomic E-state index is 13.9. The van der Waals surface area contributed by atoms with Gasteiger partial charge in [0.25, 0.3) is 0 Å². The number of benzene rings is 1. The van der Waals surface area contributed by atoms with Gasteiger partial charge in [0.15, 0.2) is 0 Å². The van der Waals surface area contributed by atoms with E-state index in [2.05, 4.69) is 0 Å². The number of carboxylic acids is 1. The summed E-state index contributed by atoms with van der Waals surface area (Å²) in [4.78, 5) is 25.0. The molecule has 30 heavy (non-hydrogen) atoms. The Morgan fingerprint density at radius 2 is 1.93 bits per heavy atom. The molecule has 0 saturated carbocycles. The largest absolute Gasteiger partial charge is 0.481 e. The van der Waals surface area contributed by atoms with Gasteiger partial charge in [-0.3, -0.25) is 4.79 Å². The van der Waals surface area contributed by atoms with E-state index < -0.39 is 11.6 Å². The van der Waals surface area contributed by atoms with Crippen molar-refractivity contribution in [2.24, 2.45) is 5.41 Å². The third-order valence-corrected chi connectivity index (χ3v) is 6.46. The Morgan fingerprint density at radius 1 is 1.23 bits per heavy atom. The lowest BCUT2D eigenvalue weighted by atomic mass is 9.62. The van der Waals surface area contributed by atoms with Crippen molar-refractivity contribution in [1.82, 2.24) is 4.90 Å². The molecule has 166 valence electrons. The molecule has 1 fully saturated rings. The van der Waals surface area contributed by atoms with Crippen molar-refractivity contribution in [1.29, 1.82) is 0 Å². The number of carboxylic acid groups (broad SMARTS) is 1. The summed E-state index contributed by atoms with van der Waals surface area (Å²) in [6.45, 7) is 6.99. The van der Waals surface area contributed by atoms with Crippen LogP contribution in [0.15, 0.2) is 18.2 Å². The Morgan fingerprint density at radius 3 is 2.57 bits per heavy atom. The van der Waals surface area contributed by atoms with Gasteiger partial charge in [0.1, 0.15) is 11.4 Å². The molecule has 5 nitrogen and oxygen atoms in total. The van der Waals surface area contributed by atoms with E-state index in [1.165, 1.54) is 11.6 Å². The molecule has 3 rings (SSSR count). The van der Waals surface area contributed by atoms with Crippen LogP contribution < -0.4 is 0 Å². The van der Waals surface area contributed by atoms with Crippen molar-refractivity contribution < 1.29 is 23.8 Å². The summed E-state index contributed by atoms with van der Waals surface area (Å²) in [5, 5.41) is 8.89. The number of aliphatic carboxylic acids is 1. The molecule has 0 bridgehead atoms. The summed E-state index contributed by atoms with van der Waals surface area (Å²) >= 11 is 0. The van der Waals surface area contributed by atoms with Gasteiger partial charge >= 0.3 is 12.1 Å². The van der Waals surface area contributed by atoms with E-state index in [1.807, 2.05) is 26.8 Å². The van der Waals surface area contributed by atoms with Crippen LogP contribution in [0.5, 0.6) is 0 Å². The lowest BCUT2D eigenvalue weighted by Gasteiger charge is -2.47. The molecule has 1 atom stereocenters. The second kappa shape index (κ2) is 8.94. The molecule has 6 heteroatoms. The zero-order chi connectivity index (χ0) is 21.9. The normalized spacial score (nSPS) is 20.7. The van der Waals surface area contributed by atoms with Gasteiger partial charge in [0.2, 0.25) is 0 Å². The van der Waals surface area contributed by atoms with Gasteiger partial charge in [-0.25, -0.2) is 9.18 Å². The number of unbranched alkanes of at least 4 members (excludes halogenated alkanes) is 1. The number of rotatable bonds is 5. The molecule has 2 aliphatic rings. The predicted molar refractivity (Wildman–Crippen MR) is 113 cm³/mol. The minimum Gasteiger partial charge on any atom is -0.481 e. The van der Waals surface area contributed by atoms with Crippen molar-refractivity contribution in [3.63, 3.8) is 0 Å². The number of likely N-dealkylation sites (tertiary alicyclic amines) is 1. The molecule has 1 N–H and O–H groups in total. The number of carbonyl (C=O) groups excluding carboxylic acids is 1. The molecule has 1 aromatic rings. The van der Waals surface area contributed by atoms with Crippen molar-refractivity contribution in [2.45, 2.75) is 83.7 Å². The first-order valence-electron chi connectivity index (χ1n) is 11.0. The zero-order valence-corrected chi connectivity index (χ0v) is 18.4. The number of piperidine rings is 1. The molecule has 1 aromatic carbocycles. The summed E-state index contributed by atoms with van der Waals surface area (Å²) in [5.74, 6) is -0.734. The molecule has 0 aromatic heterocycles. The summed E-state index contributed by atoms with van der Waals surface area (Å²) in [6, 6.07) is 5.12. The Kier molecular flexibility index (Phi) is 6.73. The third kappa shape index (κ3) is 5.73. The van der Waals surface area contributed by atoms with E-state index in [1.54, 1.807) is 11.0 Å². The van der Waals surface area contributed by atoms with Crippen molar-refractivity contribution in [2.75, 3.05) is 13.1 Å². The molecule has 0 radical (unpaired) electrons. The van der Waals surface area contributed by atoms with Gasteiger partial charge < -0.3 is 14.7 Å². The molecule has 1 spiro atoms. The summed E-state index contributed by atoms with van der Waals surface area (Å²) in [5.41, 5.74) is 1.91. The third-order valence-electron chi connectivity index (χ3n) is 6.46. The second-order valence-electron chi connectivity index (χ2n) is 10.0. The first-order chi connectivity index (χ1) is 14.1. The van der Waals surface area contributed by atoms with E-state index >= 15 is 0 Å². The molecule has 1 heterocycles. The molecule has 1 amide bonds. The van der Waals surface area contributed by atoms with Crippen LogP contribution in [0.3, 0.4) is 0 Å². The van der Waals surface area contributed by atoms with Crippen LogP contribution >= 0.6 is 0 Å². The molecule has 1 aliphatic heterocycles. The maximum Gasteiger partial charge on any atom is 0.410 e. The average molecular weight is 420 g/mol. The predicted octanol–water partition coefficient (Wildman–Crippen LogP) is 5.52. The fraction of sp³-hybridized carbons (Fsp3) is 0.667. The molecular weight excluding hydrogens is 385 g/mol. The highest BCUT2D eigenvalue weighted by Gasteiger charge is 2.42. The van der Waals surface area contributed by atoms with Crippen LogP contribution in [0.1, 0.15) is 82.8 Å². The lowest BCUT2D eigenvalue weighted by Crippen LogP contribution is -2.47. The fourth-order valence-corrected chi connectivity index (χ4v) is 5.01. The number of hydrogen-bond donors (Lipinski definition) is 1. The number of ether oxygens (including phenoxy) is 1. The number of fused-ring (bicyclic) bond motifs is 1. The highest BCUT2D eigenvalue weighted by Crippen LogP contribution is 2.50. The molecular formula is C24H34FNO4. The number of hydrogen-bond acceptors (Lipinski definition) is 3. The minimum absolute atomic E-state index is 0.112. The summed E-state index contributed by atoms with van der Waals surface area (Å²) < 4.78 is 19.5.